The van der Waals surface area contributed by atoms with Gasteiger partial charge in [0.15, 0.2) is 0 Å². The van der Waals surface area contributed by atoms with E-state index >= 15 is 0 Å². The summed E-state index contributed by atoms with van der Waals surface area (Å²) in [5.74, 6) is 0.825. The van der Waals surface area contributed by atoms with E-state index in [0.717, 1.165) is 0 Å². The van der Waals surface area contributed by atoms with Gasteiger partial charge in [-0.1, -0.05) is 17.7 Å². The molecule has 20 heavy (non-hydrogen) atoms. The molecule has 0 saturated heterocycles. The van der Waals surface area contributed by atoms with Crippen LogP contribution in [0.2, 0.25) is 5.02 Å². The van der Waals surface area contributed by atoms with Gasteiger partial charge in [0.25, 0.3) is 5.91 Å². The van der Waals surface area contributed by atoms with Crippen molar-refractivity contribution in [3.8, 4) is 5.75 Å². The zero-order chi connectivity index (χ0) is 14.5. The van der Waals surface area contributed by atoms with Crippen molar-refractivity contribution in [2.75, 3.05) is 24.8 Å². The van der Waals surface area contributed by atoms with Crippen molar-refractivity contribution < 1.29 is 9.53 Å². The zero-order valence-corrected chi connectivity index (χ0v) is 11.9. The largest absolute Gasteiger partial charge is 0.495 e. The smallest absolute Gasteiger partial charge is 0.274 e. The first-order valence-electron chi connectivity index (χ1n) is 5.93. The third-order valence-corrected chi connectivity index (χ3v) is 2.88. The first-order chi connectivity index (χ1) is 9.63. The third-order valence-electron chi connectivity index (χ3n) is 2.65. The minimum atomic E-state index is -0.331. The van der Waals surface area contributed by atoms with E-state index in [2.05, 4.69) is 15.6 Å². The summed E-state index contributed by atoms with van der Waals surface area (Å²) in [7, 11) is 3.27. The van der Waals surface area contributed by atoms with E-state index < -0.39 is 0 Å². The van der Waals surface area contributed by atoms with Crippen molar-refractivity contribution in [3.63, 3.8) is 0 Å². The van der Waals surface area contributed by atoms with Crippen molar-refractivity contribution in [1.29, 1.82) is 0 Å². The Balaban J connectivity index is 2.25. The number of amides is 1. The maximum absolute atomic E-state index is 12.2. The maximum atomic E-state index is 12.2. The summed E-state index contributed by atoms with van der Waals surface area (Å²) in [6, 6.07) is 10.2. The van der Waals surface area contributed by atoms with Crippen molar-refractivity contribution in [3.05, 3.63) is 47.1 Å². The van der Waals surface area contributed by atoms with Crippen LogP contribution >= 0.6 is 11.6 Å². The van der Waals surface area contributed by atoms with Gasteiger partial charge in [0.05, 0.1) is 12.8 Å². The summed E-state index contributed by atoms with van der Waals surface area (Å²) in [5.41, 5.74) is 0.806. The molecule has 5 nitrogen and oxygen atoms in total. The second-order valence-electron chi connectivity index (χ2n) is 3.96. The summed E-state index contributed by atoms with van der Waals surface area (Å²) >= 11 is 5.92. The minimum absolute atomic E-state index is 0.305. The highest BCUT2D eigenvalue weighted by Crippen LogP contribution is 2.28. The van der Waals surface area contributed by atoms with E-state index in [-0.39, 0.29) is 5.91 Å². The third kappa shape index (κ3) is 3.19. The van der Waals surface area contributed by atoms with Crippen molar-refractivity contribution in [1.82, 2.24) is 4.98 Å². The molecule has 104 valence electrons. The Bertz CT molecular complexity index is 632. The lowest BCUT2D eigenvalue weighted by Gasteiger charge is -2.10. The van der Waals surface area contributed by atoms with Gasteiger partial charge in [-0.15, -0.1) is 0 Å². The van der Waals surface area contributed by atoms with Gasteiger partial charge in [-0.05, 0) is 30.3 Å². The highest BCUT2D eigenvalue weighted by atomic mass is 35.5. The van der Waals surface area contributed by atoms with E-state index in [1.54, 1.807) is 43.4 Å². The Morgan fingerprint density at radius 2 is 2.10 bits per heavy atom. The molecule has 2 aromatic rings. The lowest BCUT2D eigenvalue weighted by molar-refractivity contribution is 0.102. The lowest BCUT2D eigenvalue weighted by Crippen LogP contribution is -2.14. The highest BCUT2D eigenvalue weighted by molar-refractivity contribution is 6.31. The number of carbonyl (C=O) groups is 1. The second kappa shape index (κ2) is 6.25. The number of rotatable bonds is 4. The van der Waals surface area contributed by atoms with E-state index in [9.17, 15) is 4.79 Å². The van der Waals surface area contributed by atoms with E-state index in [1.165, 1.54) is 7.11 Å². The molecule has 1 aromatic carbocycles. The van der Waals surface area contributed by atoms with Gasteiger partial charge < -0.3 is 15.4 Å². The molecule has 0 radical (unpaired) electrons. The average molecular weight is 292 g/mol. The van der Waals surface area contributed by atoms with E-state index in [0.29, 0.717) is 28.0 Å². The molecule has 2 N–H and O–H groups in total. The second-order valence-corrected chi connectivity index (χ2v) is 4.39. The van der Waals surface area contributed by atoms with Crippen molar-refractivity contribution >= 4 is 29.0 Å². The molecule has 0 aliphatic rings. The number of hydrogen-bond donors (Lipinski definition) is 2. The zero-order valence-electron chi connectivity index (χ0n) is 11.1. The highest BCUT2D eigenvalue weighted by Gasteiger charge is 2.11. The van der Waals surface area contributed by atoms with Crippen molar-refractivity contribution in [2.45, 2.75) is 0 Å². The predicted molar refractivity (Wildman–Crippen MR) is 79.7 cm³/mol. The Morgan fingerprint density at radius 1 is 1.30 bits per heavy atom. The molecule has 6 heteroatoms. The summed E-state index contributed by atoms with van der Waals surface area (Å²) in [4.78, 5) is 16.3. The number of hydrogen-bond acceptors (Lipinski definition) is 4. The standard InChI is InChI=1S/C14H14ClN3O2/c1-16-13-5-3-4-10(17-13)14(19)18-11-8-9(15)6-7-12(11)20-2/h3-8H,1-2H3,(H,16,17)(H,18,19). The van der Waals surface area contributed by atoms with Gasteiger partial charge in [0.2, 0.25) is 0 Å². The van der Waals surface area contributed by atoms with E-state index in [4.69, 9.17) is 16.3 Å². The fourth-order valence-corrected chi connectivity index (χ4v) is 1.84. The molecule has 1 heterocycles. The fraction of sp³-hybridized carbons (Fsp3) is 0.143. The quantitative estimate of drug-likeness (QED) is 0.909. The average Bonchev–Trinajstić information content (AvgIpc) is 2.47. The number of carbonyl (C=O) groups excluding carboxylic acids is 1. The SMILES string of the molecule is CNc1cccc(C(=O)Nc2cc(Cl)ccc2OC)n1. The van der Waals surface area contributed by atoms with Gasteiger partial charge >= 0.3 is 0 Å². The van der Waals surface area contributed by atoms with Gasteiger partial charge in [-0.25, -0.2) is 4.98 Å². The molecule has 0 atom stereocenters. The van der Waals surface area contributed by atoms with Gasteiger partial charge in [-0.2, -0.15) is 0 Å². The summed E-state index contributed by atoms with van der Waals surface area (Å²) in [6.07, 6.45) is 0. The number of methoxy groups -OCH3 is 1. The first-order valence-corrected chi connectivity index (χ1v) is 6.31. The van der Waals surface area contributed by atoms with Crippen LogP contribution in [0.3, 0.4) is 0 Å². The molecule has 1 amide bonds. The summed E-state index contributed by atoms with van der Waals surface area (Å²) < 4.78 is 5.18. The van der Waals surface area contributed by atoms with Gasteiger partial charge in [0.1, 0.15) is 17.3 Å². The number of nitrogens with zero attached hydrogens (tertiary/aromatic N) is 1. The molecule has 1 aromatic heterocycles. The Kier molecular flexibility index (Phi) is 4.42. The molecule has 0 unspecified atom stereocenters. The van der Waals surface area contributed by atoms with E-state index in [1.807, 2.05) is 0 Å². The first kappa shape index (κ1) is 14.1. The van der Waals surface area contributed by atoms with Crippen molar-refractivity contribution in [2.24, 2.45) is 0 Å². The number of nitrogens with one attached hydrogen (secondary N) is 2. The van der Waals surface area contributed by atoms with Crippen LogP contribution < -0.4 is 15.4 Å². The molecule has 2 rings (SSSR count). The van der Waals surface area contributed by atoms with Crippen LogP contribution in [0.15, 0.2) is 36.4 Å². The van der Waals surface area contributed by atoms with Crippen LogP contribution in [-0.2, 0) is 0 Å². The summed E-state index contributed by atoms with van der Waals surface area (Å²) in [5, 5.41) is 6.12. The van der Waals surface area contributed by atoms with Gasteiger partial charge in [0, 0.05) is 12.1 Å². The number of anilines is 2. The van der Waals surface area contributed by atoms with Crippen LogP contribution in [0.5, 0.6) is 5.75 Å². The molecule has 0 fully saturated rings. The lowest BCUT2D eigenvalue weighted by atomic mass is 10.2. The molecular formula is C14H14ClN3O2. The Hall–Kier alpha value is -2.27. The van der Waals surface area contributed by atoms with Gasteiger partial charge in [-0.3, -0.25) is 4.79 Å². The summed E-state index contributed by atoms with van der Waals surface area (Å²) in [6.45, 7) is 0. The molecule has 0 aliphatic heterocycles. The molecular weight excluding hydrogens is 278 g/mol. The molecule has 0 spiro atoms. The Labute approximate surface area is 121 Å². The number of benzene rings is 1. The topological polar surface area (TPSA) is 63.2 Å². The fourth-order valence-electron chi connectivity index (χ4n) is 1.66. The molecule has 0 aliphatic carbocycles. The molecule has 0 bridgehead atoms. The van der Waals surface area contributed by atoms with Crippen LogP contribution in [0.25, 0.3) is 0 Å². The number of pyridine rings is 1. The number of aromatic nitrogens is 1. The number of ether oxygens (including phenoxy) is 1. The Morgan fingerprint density at radius 3 is 2.80 bits per heavy atom. The predicted octanol–water partition coefficient (Wildman–Crippen LogP) is 3.04. The van der Waals surface area contributed by atoms with Crippen LogP contribution in [-0.4, -0.2) is 25.0 Å². The molecule has 0 saturated carbocycles. The minimum Gasteiger partial charge on any atom is -0.495 e. The van der Waals surface area contributed by atoms with Crippen LogP contribution in [0.4, 0.5) is 11.5 Å². The van der Waals surface area contributed by atoms with Crippen LogP contribution in [0.1, 0.15) is 10.5 Å². The van der Waals surface area contributed by atoms with Crippen LogP contribution in [0, 0.1) is 0 Å². The normalized spacial score (nSPS) is 9.95. The number of halogens is 1. The maximum Gasteiger partial charge on any atom is 0.274 e. The monoisotopic (exact) mass is 291 g/mol.